The van der Waals surface area contributed by atoms with Crippen molar-refractivity contribution in [2.24, 2.45) is 0 Å². The average Bonchev–Trinajstić information content (AvgIpc) is 3.33. The zero-order valence-corrected chi connectivity index (χ0v) is 18.1. The van der Waals surface area contributed by atoms with Gasteiger partial charge in [0.15, 0.2) is 0 Å². The molecule has 0 bridgehead atoms. The van der Waals surface area contributed by atoms with Gasteiger partial charge < -0.3 is 15.3 Å². The quantitative estimate of drug-likeness (QED) is 0.431. The molecule has 0 aliphatic heterocycles. The van der Waals surface area contributed by atoms with Crippen LogP contribution in [0.25, 0.3) is 23.1 Å². The van der Waals surface area contributed by atoms with E-state index in [0.717, 1.165) is 22.2 Å². The summed E-state index contributed by atoms with van der Waals surface area (Å²) in [7, 11) is 0. The molecule has 0 unspecified atom stereocenters. The van der Waals surface area contributed by atoms with E-state index in [4.69, 9.17) is 33.0 Å². The Labute approximate surface area is 188 Å². The van der Waals surface area contributed by atoms with Gasteiger partial charge in [0.05, 0.1) is 40.6 Å². The molecule has 162 valence electrons. The third-order valence-electron chi connectivity index (χ3n) is 4.59. The number of nitrogens with zero attached hydrogens (tertiary/aromatic N) is 4. The van der Waals surface area contributed by atoms with Crippen LogP contribution in [0.3, 0.4) is 0 Å². The van der Waals surface area contributed by atoms with Gasteiger partial charge in [-0.1, -0.05) is 23.2 Å². The fraction of sp³-hybridized carbons (Fsp3) is 0.190. The normalized spacial score (nSPS) is 12.3. The molecule has 0 fully saturated rings. The first-order chi connectivity index (χ1) is 14.5. The van der Waals surface area contributed by atoms with Crippen LogP contribution >= 0.6 is 23.2 Å². The van der Waals surface area contributed by atoms with Crippen LogP contribution in [0, 0.1) is 0 Å². The fourth-order valence-electron chi connectivity index (χ4n) is 3.15. The fourth-order valence-corrected chi connectivity index (χ4v) is 3.82. The molecule has 0 saturated carbocycles. The molecule has 31 heavy (non-hydrogen) atoms. The predicted octanol–water partition coefficient (Wildman–Crippen LogP) is 3.94. The molecule has 0 amide bonds. The zero-order valence-electron chi connectivity index (χ0n) is 16.6. The largest absolute Gasteiger partial charge is 0.486 e. The lowest BCUT2D eigenvalue weighted by Crippen LogP contribution is -2.05. The molecule has 0 aliphatic carbocycles. The van der Waals surface area contributed by atoms with Gasteiger partial charge in [-0.05, 0) is 37.3 Å². The highest BCUT2D eigenvalue weighted by molar-refractivity contribution is 6.35. The van der Waals surface area contributed by atoms with Crippen molar-refractivity contribution >= 4 is 46.3 Å². The summed E-state index contributed by atoms with van der Waals surface area (Å²) in [6.45, 7) is 2.40. The van der Waals surface area contributed by atoms with Crippen LogP contribution in [0.15, 0.2) is 43.0 Å². The molecule has 0 saturated heterocycles. The topological polar surface area (TPSA) is 120 Å². The summed E-state index contributed by atoms with van der Waals surface area (Å²) in [4.78, 5) is 3.98. The molecule has 0 spiro atoms. The molecule has 4 N–H and O–H groups in total. The van der Waals surface area contributed by atoms with Crippen molar-refractivity contribution in [1.29, 1.82) is 0 Å². The molecule has 10 heteroatoms. The number of halogens is 2. The van der Waals surface area contributed by atoms with Crippen molar-refractivity contribution in [3.8, 4) is 5.75 Å². The molecular weight excluding hydrogens is 441 g/mol. The standard InChI is InChI=1S/C21H19Cl2N5O2.H2O/c1-13(21-17(22)10-24-11-18(21)23)30-15-3-5-20-16(8-15)19(26-27-20)4-2-14-9-25-28(12-14)6-7-29;/h2-5,8-13,29H,6-7H2,1H3,(H,26,27);1H2/b4-2+;/t13-;/m1./s1. The summed E-state index contributed by atoms with van der Waals surface area (Å²) in [5.74, 6) is 0.672. The smallest absolute Gasteiger partial charge is 0.124 e. The number of aromatic amines is 1. The second-order valence-electron chi connectivity index (χ2n) is 6.69. The van der Waals surface area contributed by atoms with Crippen LogP contribution in [0.1, 0.15) is 29.8 Å². The number of aliphatic hydroxyl groups is 1. The zero-order chi connectivity index (χ0) is 21.1. The number of nitrogens with one attached hydrogen (secondary N) is 1. The predicted molar refractivity (Wildman–Crippen MR) is 121 cm³/mol. The first kappa shape index (κ1) is 22.8. The van der Waals surface area contributed by atoms with Gasteiger partial charge in [-0.3, -0.25) is 14.8 Å². The number of H-pyrrole nitrogens is 1. The van der Waals surface area contributed by atoms with E-state index in [1.54, 1.807) is 23.3 Å². The summed E-state index contributed by atoms with van der Waals surface area (Å²) in [6.07, 6.45) is 10.2. The molecule has 0 radical (unpaired) electrons. The SMILES string of the molecule is C[C@@H](Oc1ccc2[nH]nc(/C=C/c3cnn(CCO)c3)c2c1)c1c(Cl)cncc1Cl.O. The minimum Gasteiger partial charge on any atom is -0.486 e. The third-order valence-corrected chi connectivity index (χ3v) is 5.19. The number of fused-ring (bicyclic) bond motifs is 1. The van der Waals surface area contributed by atoms with Crippen molar-refractivity contribution < 1.29 is 15.3 Å². The monoisotopic (exact) mass is 461 g/mol. The molecule has 3 aromatic heterocycles. The molecule has 0 aliphatic rings. The van der Waals surface area contributed by atoms with Gasteiger partial charge in [0.1, 0.15) is 11.9 Å². The molecule has 8 nitrogen and oxygen atoms in total. The van der Waals surface area contributed by atoms with Crippen LogP contribution in [-0.4, -0.2) is 42.2 Å². The van der Waals surface area contributed by atoms with Crippen LogP contribution < -0.4 is 4.74 Å². The third kappa shape index (κ3) is 5.05. The van der Waals surface area contributed by atoms with E-state index < -0.39 is 0 Å². The van der Waals surface area contributed by atoms with Crippen molar-refractivity contribution in [3.05, 3.63) is 69.9 Å². The van der Waals surface area contributed by atoms with E-state index in [9.17, 15) is 0 Å². The van der Waals surface area contributed by atoms with E-state index in [1.807, 2.05) is 43.5 Å². The Morgan fingerprint density at radius 1 is 1.19 bits per heavy atom. The molecule has 4 rings (SSSR count). The number of hydrogen-bond donors (Lipinski definition) is 2. The minimum absolute atomic E-state index is 0. The Morgan fingerprint density at radius 2 is 1.97 bits per heavy atom. The first-order valence-corrected chi connectivity index (χ1v) is 10.1. The van der Waals surface area contributed by atoms with Crippen molar-refractivity contribution in [2.45, 2.75) is 19.6 Å². The minimum atomic E-state index is -0.353. The number of rotatable bonds is 7. The average molecular weight is 462 g/mol. The highest BCUT2D eigenvalue weighted by atomic mass is 35.5. The van der Waals surface area contributed by atoms with Crippen molar-refractivity contribution in [3.63, 3.8) is 0 Å². The molecule has 4 aromatic rings. The number of pyridine rings is 1. The van der Waals surface area contributed by atoms with Gasteiger partial charge in [0.25, 0.3) is 0 Å². The van der Waals surface area contributed by atoms with E-state index in [2.05, 4.69) is 20.3 Å². The Hall–Kier alpha value is -2.91. The maximum atomic E-state index is 9.00. The molecular formula is C21H21Cl2N5O3. The van der Waals surface area contributed by atoms with Gasteiger partial charge in [-0.25, -0.2) is 0 Å². The summed E-state index contributed by atoms with van der Waals surface area (Å²) >= 11 is 12.5. The van der Waals surface area contributed by atoms with Crippen molar-refractivity contribution in [1.82, 2.24) is 25.0 Å². The molecule has 1 aromatic carbocycles. The maximum absolute atomic E-state index is 9.00. The van der Waals surface area contributed by atoms with Crippen molar-refractivity contribution in [2.75, 3.05) is 6.61 Å². The summed E-state index contributed by atoms with van der Waals surface area (Å²) in [6, 6.07) is 5.70. The first-order valence-electron chi connectivity index (χ1n) is 9.30. The number of aliphatic hydroxyl groups excluding tert-OH is 1. The summed E-state index contributed by atoms with van der Waals surface area (Å²) in [5.41, 5.74) is 3.28. The van der Waals surface area contributed by atoms with Crippen LogP contribution in [-0.2, 0) is 6.54 Å². The van der Waals surface area contributed by atoms with Crippen LogP contribution in [0.2, 0.25) is 10.0 Å². The van der Waals surface area contributed by atoms with E-state index >= 15 is 0 Å². The summed E-state index contributed by atoms with van der Waals surface area (Å²) < 4.78 is 7.77. The van der Waals surface area contributed by atoms with Gasteiger partial charge in [0.2, 0.25) is 0 Å². The number of aromatic nitrogens is 5. The Bertz CT molecular complexity index is 1180. The lowest BCUT2D eigenvalue weighted by molar-refractivity contribution is 0.227. The number of ether oxygens (including phenoxy) is 1. The second-order valence-corrected chi connectivity index (χ2v) is 7.50. The Balaban J connectivity index is 0.00000272. The van der Waals surface area contributed by atoms with Gasteiger partial charge in [0, 0.05) is 35.1 Å². The Morgan fingerprint density at radius 3 is 2.71 bits per heavy atom. The maximum Gasteiger partial charge on any atom is 0.124 e. The van der Waals surface area contributed by atoms with E-state index in [-0.39, 0.29) is 18.2 Å². The number of benzene rings is 1. The van der Waals surface area contributed by atoms with Gasteiger partial charge in [-0.15, -0.1) is 0 Å². The molecule has 1 atom stereocenters. The highest BCUT2D eigenvalue weighted by Crippen LogP contribution is 2.33. The summed E-state index contributed by atoms with van der Waals surface area (Å²) in [5, 5.41) is 22.4. The van der Waals surface area contributed by atoms with Crippen LogP contribution in [0.4, 0.5) is 0 Å². The number of hydrogen-bond acceptors (Lipinski definition) is 5. The van der Waals surface area contributed by atoms with E-state index in [0.29, 0.717) is 27.9 Å². The van der Waals surface area contributed by atoms with Crippen LogP contribution in [0.5, 0.6) is 5.75 Å². The van der Waals surface area contributed by atoms with Gasteiger partial charge in [-0.2, -0.15) is 10.2 Å². The lowest BCUT2D eigenvalue weighted by atomic mass is 10.1. The van der Waals surface area contributed by atoms with E-state index in [1.165, 1.54) is 0 Å². The van der Waals surface area contributed by atoms with Gasteiger partial charge >= 0.3 is 0 Å². The molecule has 3 heterocycles. The highest BCUT2D eigenvalue weighted by Gasteiger charge is 2.16. The lowest BCUT2D eigenvalue weighted by Gasteiger charge is -2.17. The second kappa shape index (κ2) is 9.93. The Kier molecular flexibility index (Phi) is 7.29.